The standard InChI is InChI=1S/C32H35NO6S/c1-4-38-32(35)23-9-13-26(14-10-23)39-27-17-24-11-12-25(18-27)33(24)31(34)22-7-5-21(6-8-22)20-40-28-15-16-29(36-2)30(19-28)37-3/h5-10,13-16,19,24-25,27H,4,11-12,17-18,20H2,1-3H3. The van der Waals surface area contributed by atoms with Crippen LogP contribution in [0, 0.1) is 0 Å². The second-order valence-electron chi connectivity index (χ2n) is 10.1. The molecule has 0 aromatic heterocycles. The molecule has 2 aliphatic rings. The Morgan fingerprint density at radius 1 is 0.850 bits per heavy atom. The average molecular weight is 562 g/mol. The van der Waals surface area contributed by atoms with E-state index in [4.69, 9.17) is 18.9 Å². The van der Waals surface area contributed by atoms with Crippen LogP contribution in [-0.2, 0) is 10.5 Å². The lowest BCUT2D eigenvalue weighted by Crippen LogP contribution is -2.49. The van der Waals surface area contributed by atoms with Gasteiger partial charge < -0.3 is 23.8 Å². The van der Waals surface area contributed by atoms with Crippen molar-refractivity contribution in [2.45, 2.75) is 61.4 Å². The lowest BCUT2D eigenvalue weighted by Gasteiger charge is -2.39. The van der Waals surface area contributed by atoms with Gasteiger partial charge in [0.2, 0.25) is 0 Å². The van der Waals surface area contributed by atoms with Crippen molar-refractivity contribution in [3.8, 4) is 17.2 Å². The molecular formula is C32H35NO6S. The Bertz CT molecular complexity index is 1310. The summed E-state index contributed by atoms with van der Waals surface area (Å²) in [4.78, 5) is 28.6. The fourth-order valence-corrected chi connectivity index (χ4v) is 6.48. The summed E-state index contributed by atoms with van der Waals surface area (Å²) in [6.45, 7) is 2.14. The van der Waals surface area contributed by atoms with Crippen molar-refractivity contribution in [1.29, 1.82) is 0 Å². The quantitative estimate of drug-likeness (QED) is 0.210. The van der Waals surface area contributed by atoms with Gasteiger partial charge in [0.25, 0.3) is 5.91 Å². The number of fused-ring (bicyclic) bond motifs is 2. The summed E-state index contributed by atoms with van der Waals surface area (Å²) >= 11 is 1.71. The summed E-state index contributed by atoms with van der Waals surface area (Å²) in [5.74, 6) is 2.72. The molecule has 3 aromatic rings. The molecule has 2 fully saturated rings. The fraction of sp³-hybridized carbons (Fsp3) is 0.375. The first kappa shape index (κ1) is 27.9. The van der Waals surface area contributed by atoms with Gasteiger partial charge in [-0.2, -0.15) is 0 Å². The summed E-state index contributed by atoms with van der Waals surface area (Å²) in [5.41, 5.74) is 2.39. The van der Waals surface area contributed by atoms with Crippen LogP contribution >= 0.6 is 11.8 Å². The molecule has 40 heavy (non-hydrogen) atoms. The molecule has 5 rings (SSSR count). The molecule has 2 bridgehead atoms. The topological polar surface area (TPSA) is 74.3 Å². The van der Waals surface area contributed by atoms with Gasteiger partial charge in [-0.1, -0.05) is 12.1 Å². The number of hydrogen-bond donors (Lipinski definition) is 0. The maximum Gasteiger partial charge on any atom is 0.338 e. The molecule has 0 radical (unpaired) electrons. The third kappa shape index (κ3) is 6.22. The van der Waals surface area contributed by atoms with E-state index in [2.05, 4.69) is 4.90 Å². The number of hydrogen-bond acceptors (Lipinski definition) is 7. The van der Waals surface area contributed by atoms with E-state index in [1.165, 1.54) is 0 Å². The molecule has 210 valence electrons. The van der Waals surface area contributed by atoms with Crippen LogP contribution in [-0.4, -0.2) is 55.8 Å². The third-order valence-electron chi connectivity index (χ3n) is 7.55. The van der Waals surface area contributed by atoms with E-state index in [0.717, 1.165) is 53.2 Å². The van der Waals surface area contributed by atoms with Crippen molar-refractivity contribution < 1.29 is 28.5 Å². The summed E-state index contributed by atoms with van der Waals surface area (Å²) < 4.78 is 22.0. The highest BCUT2D eigenvalue weighted by molar-refractivity contribution is 7.98. The molecule has 0 saturated carbocycles. The minimum Gasteiger partial charge on any atom is -0.493 e. The zero-order valence-corrected chi connectivity index (χ0v) is 23.9. The Hall–Kier alpha value is -3.65. The first-order chi connectivity index (χ1) is 19.5. The van der Waals surface area contributed by atoms with Gasteiger partial charge in [-0.05, 0) is 79.9 Å². The van der Waals surface area contributed by atoms with Crippen LogP contribution in [0.3, 0.4) is 0 Å². The van der Waals surface area contributed by atoms with Crippen molar-refractivity contribution in [3.05, 3.63) is 83.4 Å². The largest absolute Gasteiger partial charge is 0.493 e. The molecule has 3 aromatic carbocycles. The number of benzene rings is 3. The van der Waals surface area contributed by atoms with Gasteiger partial charge in [0.1, 0.15) is 11.9 Å². The molecule has 2 unspecified atom stereocenters. The Labute approximate surface area is 239 Å². The lowest BCUT2D eigenvalue weighted by molar-refractivity contribution is 0.0359. The summed E-state index contributed by atoms with van der Waals surface area (Å²) in [6, 6.07) is 21.3. The Balaban J connectivity index is 1.16. The molecule has 0 aliphatic carbocycles. The molecule has 0 spiro atoms. The van der Waals surface area contributed by atoms with Gasteiger partial charge in [-0.25, -0.2) is 4.79 Å². The maximum absolute atomic E-state index is 13.5. The zero-order valence-electron chi connectivity index (χ0n) is 23.1. The minimum absolute atomic E-state index is 0.0472. The van der Waals surface area contributed by atoms with Crippen molar-refractivity contribution in [2.75, 3.05) is 20.8 Å². The Kier molecular flexibility index (Phi) is 8.85. The van der Waals surface area contributed by atoms with Crippen LogP contribution in [0.2, 0.25) is 0 Å². The van der Waals surface area contributed by atoms with Crippen LogP contribution in [0.15, 0.2) is 71.6 Å². The van der Waals surface area contributed by atoms with Crippen molar-refractivity contribution in [2.24, 2.45) is 0 Å². The van der Waals surface area contributed by atoms with Gasteiger partial charge in [0.15, 0.2) is 11.5 Å². The summed E-state index contributed by atoms with van der Waals surface area (Å²) in [6.07, 6.45) is 3.66. The lowest BCUT2D eigenvalue weighted by atomic mass is 9.98. The molecule has 1 amide bonds. The van der Waals surface area contributed by atoms with Crippen molar-refractivity contribution in [3.63, 3.8) is 0 Å². The number of rotatable bonds is 10. The number of ether oxygens (including phenoxy) is 4. The fourth-order valence-electron chi connectivity index (χ4n) is 5.60. The van der Waals surface area contributed by atoms with E-state index in [0.29, 0.717) is 23.7 Å². The van der Waals surface area contributed by atoms with E-state index < -0.39 is 0 Å². The second-order valence-corrected chi connectivity index (χ2v) is 11.1. The van der Waals surface area contributed by atoms with E-state index in [-0.39, 0.29) is 30.1 Å². The first-order valence-corrected chi connectivity index (χ1v) is 14.7. The number of methoxy groups -OCH3 is 2. The number of nitrogens with zero attached hydrogens (tertiary/aromatic N) is 1. The zero-order chi connectivity index (χ0) is 28.1. The van der Waals surface area contributed by atoms with Crippen molar-refractivity contribution in [1.82, 2.24) is 4.90 Å². The molecular weight excluding hydrogens is 526 g/mol. The normalized spacial score (nSPS) is 19.7. The highest BCUT2D eigenvalue weighted by atomic mass is 32.2. The molecule has 7 nitrogen and oxygen atoms in total. The predicted octanol–water partition coefficient (Wildman–Crippen LogP) is 6.39. The van der Waals surface area contributed by atoms with E-state index in [9.17, 15) is 9.59 Å². The average Bonchev–Trinajstić information content (AvgIpc) is 3.26. The Morgan fingerprint density at radius 2 is 1.50 bits per heavy atom. The van der Waals surface area contributed by atoms with Crippen LogP contribution in [0.25, 0.3) is 0 Å². The second kappa shape index (κ2) is 12.7. The van der Waals surface area contributed by atoms with Gasteiger partial charge in [-0.3, -0.25) is 4.79 Å². The highest BCUT2D eigenvalue weighted by Crippen LogP contribution is 2.38. The van der Waals surface area contributed by atoms with Gasteiger partial charge in [0.05, 0.1) is 26.4 Å². The number of carbonyl (C=O) groups is 2. The number of thioether (sulfide) groups is 1. The van der Waals surface area contributed by atoms with Crippen LogP contribution in [0.1, 0.15) is 58.9 Å². The van der Waals surface area contributed by atoms with Crippen molar-refractivity contribution >= 4 is 23.6 Å². The number of carbonyl (C=O) groups excluding carboxylic acids is 2. The smallest absolute Gasteiger partial charge is 0.338 e. The molecule has 2 aliphatic heterocycles. The molecule has 8 heteroatoms. The van der Waals surface area contributed by atoms with Gasteiger partial charge in [0, 0.05) is 41.1 Å². The minimum atomic E-state index is -0.330. The number of piperidine rings is 1. The van der Waals surface area contributed by atoms with Gasteiger partial charge in [-0.15, -0.1) is 11.8 Å². The first-order valence-electron chi connectivity index (χ1n) is 13.7. The Morgan fingerprint density at radius 3 is 2.12 bits per heavy atom. The number of amides is 1. The third-order valence-corrected chi connectivity index (χ3v) is 8.62. The van der Waals surface area contributed by atoms with E-state index in [1.807, 2.05) is 54.6 Å². The number of esters is 1. The highest BCUT2D eigenvalue weighted by Gasteiger charge is 2.44. The molecule has 2 heterocycles. The summed E-state index contributed by atoms with van der Waals surface area (Å²) in [7, 11) is 3.27. The van der Waals surface area contributed by atoms with E-state index in [1.54, 1.807) is 45.0 Å². The predicted molar refractivity (Wildman–Crippen MR) is 155 cm³/mol. The molecule has 2 saturated heterocycles. The SMILES string of the molecule is CCOC(=O)c1ccc(OC2CC3CCC(C2)N3C(=O)c2ccc(CSc3ccc(OC)c(OC)c3)cc2)cc1. The van der Waals surface area contributed by atoms with Gasteiger partial charge >= 0.3 is 5.97 Å². The molecule has 0 N–H and O–H groups in total. The monoisotopic (exact) mass is 561 g/mol. The van der Waals surface area contributed by atoms with Crippen LogP contribution in [0.5, 0.6) is 17.2 Å². The van der Waals surface area contributed by atoms with Crippen LogP contribution in [0.4, 0.5) is 0 Å². The van der Waals surface area contributed by atoms with E-state index >= 15 is 0 Å². The van der Waals surface area contributed by atoms with Crippen LogP contribution < -0.4 is 14.2 Å². The summed E-state index contributed by atoms with van der Waals surface area (Å²) in [5, 5.41) is 0. The molecule has 2 atom stereocenters. The maximum atomic E-state index is 13.5.